The Morgan fingerprint density at radius 2 is 1.83 bits per heavy atom. The van der Waals surface area contributed by atoms with Crippen LogP contribution in [0, 0.1) is 6.92 Å². The lowest BCUT2D eigenvalue weighted by atomic mass is 10.1. The Hall–Kier alpha value is -2.95. The Balaban J connectivity index is 2.09. The van der Waals surface area contributed by atoms with Crippen molar-refractivity contribution in [1.82, 2.24) is 4.57 Å². The van der Waals surface area contributed by atoms with E-state index in [9.17, 15) is 9.90 Å². The average molecular weight is 321 g/mol. The van der Waals surface area contributed by atoms with Crippen molar-refractivity contribution in [1.29, 1.82) is 0 Å². The van der Waals surface area contributed by atoms with E-state index in [1.54, 1.807) is 28.8 Å². The number of aromatic nitrogens is 1. The lowest BCUT2D eigenvalue weighted by molar-refractivity contribution is 0.0995. The van der Waals surface area contributed by atoms with Crippen LogP contribution in [0.15, 0.2) is 58.8 Å². The molecule has 0 aliphatic carbocycles. The molecule has 0 unspecified atom stereocenters. The lowest BCUT2D eigenvalue weighted by Gasteiger charge is -2.10. The summed E-state index contributed by atoms with van der Waals surface area (Å²) in [6.07, 6.45) is 0. The zero-order valence-corrected chi connectivity index (χ0v) is 13.9. The number of azo groups is 1. The summed E-state index contributed by atoms with van der Waals surface area (Å²) in [5.74, 6) is -0.414. The first-order chi connectivity index (χ1) is 11.5. The quantitative estimate of drug-likeness (QED) is 0.677. The van der Waals surface area contributed by atoms with Gasteiger partial charge in [-0.25, -0.2) is 0 Å². The van der Waals surface area contributed by atoms with Crippen molar-refractivity contribution in [3.8, 4) is 5.88 Å². The van der Waals surface area contributed by atoms with E-state index in [2.05, 4.69) is 10.2 Å². The van der Waals surface area contributed by atoms with Crippen LogP contribution in [0.2, 0.25) is 0 Å². The van der Waals surface area contributed by atoms with Crippen molar-refractivity contribution in [2.45, 2.75) is 26.8 Å². The summed E-state index contributed by atoms with van der Waals surface area (Å²) < 4.78 is 1.79. The fourth-order valence-electron chi connectivity index (χ4n) is 2.75. The number of aromatic hydroxyl groups is 1. The molecular weight excluding hydrogens is 302 g/mol. The van der Waals surface area contributed by atoms with E-state index in [1.807, 2.05) is 45.0 Å². The van der Waals surface area contributed by atoms with Crippen LogP contribution in [-0.2, 0) is 0 Å². The molecule has 0 bridgehead atoms. The Morgan fingerprint density at radius 3 is 2.50 bits per heavy atom. The van der Waals surface area contributed by atoms with Gasteiger partial charge in [0.15, 0.2) is 5.69 Å². The first kappa shape index (κ1) is 15.9. The summed E-state index contributed by atoms with van der Waals surface area (Å²) in [5.41, 5.74) is 2.71. The molecule has 1 amide bonds. The van der Waals surface area contributed by atoms with Gasteiger partial charge in [0, 0.05) is 17.0 Å². The third-order valence-corrected chi connectivity index (χ3v) is 3.88. The zero-order chi connectivity index (χ0) is 17.3. The van der Waals surface area contributed by atoms with Gasteiger partial charge in [-0.1, -0.05) is 29.8 Å². The molecule has 0 saturated heterocycles. The van der Waals surface area contributed by atoms with Gasteiger partial charge in [0.05, 0.1) is 5.52 Å². The van der Waals surface area contributed by atoms with Crippen LogP contribution in [0.5, 0.6) is 5.88 Å². The van der Waals surface area contributed by atoms with Crippen molar-refractivity contribution < 1.29 is 9.90 Å². The van der Waals surface area contributed by atoms with Crippen LogP contribution in [-0.4, -0.2) is 15.6 Å². The molecule has 0 spiro atoms. The molecular formula is C19H19N3O2. The summed E-state index contributed by atoms with van der Waals surface area (Å²) in [5, 5.41) is 19.2. The second kappa shape index (κ2) is 6.28. The van der Waals surface area contributed by atoms with E-state index in [4.69, 9.17) is 0 Å². The Bertz CT molecular complexity index is 925. The maximum absolute atomic E-state index is 12.1. The Labute approximate surface area is 140 Å². The number of fused-ring (bicyclic) bond motifs is 1. The lowest BCUT2D eigenvalue weighted by Crippen LogP contribution is -1.99. The number of hydrogen-bond acceptors (Lipinski definition) is 3. The monoisotopic (exact) mass is 321 g/mol. The van der Waals surface area contributed by atoms with E-state index in [0.29, 0.717) is 11.3 Å². The number of carbonyl (C=O) groups excluding carboxylic acids is 1. The summed E-state index contributed by atoms with van der Waals surface area (Å²) in [6, 6.07) is 14.7. The molecule has 122 valence electrons. The maximum Gasteiger partial charge on any atom is 0.295 e. The molecule has 5 heteroatoms. The first-order valence-electron chi connectivity index (χ1n) is 7.83. The van der Waals surface area contributed by atoms with Crippen molar-refractivity contribution in [2.24, 2.45) is 10.2 Å². The van der Waals surface area contributed by atoms with E-state index in [0.717, 1.165) is 16.5 Å². The highest BCUT2D eigenvalue weighted by Gasteiger charge is 2.19. The third kappa shape index (κ3) is 2.80. The molecule has 0 fully saturated rings. The standard InChI is InChI=1S/C19H19N3O2/c1-12(2)22-16-10-9-13(3)11-15(16)17(19(22)24)20-21-18(23)14-7-5-4-6-8-14/h4-12,24H,1-3H3. The molecule has 1 aromatic heterocycles. The molecule has 3 rings (SSSR count). The van der Waals surface area contributed by atoms with Crippen molar-refractivity contribution in [3.63, 3.8) is 0 Å². The van der Waals surface area contributed by atoms with Crippen LogP contribution < -0.4 is 0 Å². The highest BCUT2D eigenvalue weighted by atomic mass is 16.3. The zero-order valence-electron chi connectivity index (χ0n) is 13.9. The fourth-order valence-corrected chi connectivity index (χ4v) is 2.75. The molecule has 0 radical (unpaired) electrons. The summed E-state index contributed by atoms with van der Waals surface area (Å²) >= 11 is 0. The minimum Gasteiger partial charge on any atom is -0.493 e. The molecule has 0 saturated carbocycles. The van der Waals surface area contributed by atoms with Gasteiger partial charge in [-0.05, 0) is 45.0 Å². The largest absolute Gasteiger partial charge is 0.493 e. The molecule has 0 aliphatic heterocycles. The highest BCUT2D eigenvalue weighted by Crippen LogP contribution is 2.41. The maximum atomic E-state index is 12.1. The Morgan fingerprint density at radius 1 is 1.12 bits per heavy atom. The predicted molar refractivity (Wildman–Crippen MR) is 94.0 cm³/mol. The smallest absolute Gasteiger partial charge is 0.295 e. The summed E-state index contributed by atoms with van der Waals surface area (Å²) in [7, 11) is 0. The average Bonchev–Trinajstić information content (AvgIpc) is 2.84. The van der Waals surface area contributed by atoms with Crippen molar-refractivity contribution in [3.05, 3.63) is 59.7 Å². The fraction of sp³-hybridized carbons (Fsp3) is 0.211. The number of carbonyl (C=O) groups is 1. The van der Waals surface area contributed by atoms with Gasteiger partial charge in [-0.15, -0.1) is 10.2 Å². The van der Waals surface area contributed by atoms with E-state index >= 15 is 0 Å². The SMILES string of the molecule is Cc1ccc2c(c1)c(N=NC(=O)c1ccccc1)c(O)n2C(C)C. The van der Waals surface area contributed by atoms with Crippen molar-refractivity contribution >= 4 is 22.5 Å². The molecule has 3 aromatic rings. The van der Waals surface area contributed by atoms with Crippen LogP contribution in [0.1, 0.15) is 35.8 Å². The minimum atomic E-state index is -0.437. The molecule has 2 aromatic carbocycles. The molecule has 1 N–H and O–H groups in total. The second-order valence-electron chi connectivity index (χ2n) is 6.03. The molecule has 5 nitrogen and oxygen atoms in total. The predicted octanol–water partition coefficient (Wildman–Crippen LogP) is 5.16. The van der Waals surface area contributed by atoms with Gasteiger partial charge >= 0.3 is 0 Å². The van der Waals surface area contributed by atoms with Crippen LogP contribution in [0.4, 0.5) is 5.69 Å². The molecule has 0 atom stereocenters. The first-order valence-corrected chi connectivity index (χ1v) is 7.83. The van der Waals surface area contributed by atoms with Crippen LogP contribution in [0.3, 0.4) is 0 Å². The van der Waals surface area contributed by atoms with Gasteiger partial charge in [-0.3, -0.25) is 4.79 Å². The van der Waals surface area contributed by atoms with E-state index in [1.165, 1.54) is 0 Å². The summed E-state index contributed by atoms with van der Waals surface area (Å²) in [4.78, 5) is 12.1. The topological polar surface area (TPSA) is 66.9 Å². The molecule has 1 heterocycles. The van der Waals surface area contributed by atoms with Gasteiger partial charge < -0.3 is 9.67 Å². The van der Waals surface area contributed by atoms with Gasteiger partial charge in [-0.2, -0.15) is 0 Å². The van der Waals surface area contributed by atoms with Gasteiger partial charge in [0.1, 0.15) is 0 Å². The second-order valence-corrected chi connectivity index (χ2v) is 6.03. The number of benzene rings is 2. The normalized spacial score (nSPS) is 11.7. The number of amides is 1. The van der Waals surface area contributed by atoms with Crippen LogP contribution in [0.25, 0.3) is 10.9 Å². The van der Waals surface area contributed by atoms with Crippen LogP contribution >= 0.6 is 0 Å². The summed E-state index contributed by atoms with van der Waals surface area (Å²) in [6.45, 7) is 5.93. The number of aryl methyl sites for hydroxylation is 1. The third-order valence-electron chi connectivity index (χ3n) is 3.88. The number of hydrogen-bond donors (Lipinski definition) is 1. The molecule has 24 heavy (non-hydrogen) atoms. The molecule has 0 aliphatic rings. The minimum absolute atomic E-state index is 0.0233. The van der Waals surface area contributed by atoms with E-state index in [-0.39, 0.29) is 11.9 Å². The highest BCUT2D eigenvalue weighted by molar-refractivity contribution is 5.97. The van der Waals surface area contributed by atoms with Crippen molar-refractivity contribution in [2.75, 3.05) is 0 Å². The van der Waals surface area contributed by atoms with E-state index < -0.39 is 5.91 Å². The van der Waals surface area contributed by atoms with Gasteiger partial charge in [0.2, 0.25) is 5.88 Å². The number of rotatable bonds is 3. The number of nitrogens with zero attached hydrogens (tertiary/aromatic N) is 3. The van der Waals surface area contributed by atoms with Gasteiger partial charge in [0.25, 0.3) is 5.91 Å². The Kier molecular flexibility index (Phi) is 4.16.